The standard InChI is InChI=1S/C12H15N5/c1-8-15-9(2)17(16-8)7-10-3-5-11(6-4-10)12(13)14/h3-6H,7H2,1-2H3,(H3,13,14). The molecule has 0 saturated heterocycles. The number of benzene rings is 1. The largest absolute Gasteiger partial charge is 0.384 e. The first-order valence-electron chi connectivity index (χ1n) is 5.37. The minimum atomic E-state index is 0.0873. The topological polar surface area (TPSA) is 80.6 Å². The fourth-order valence-electron chi connectivity index (χ4n) is 1.67. The monoisotopic (exact) mass is 229 g/mol. The van der Waals surface area contributed by atoms with Crippen LogP contribution in [0.1, 0.15) is 22.8 Å². The summed E-state index contributed by atoms with van der Waals surface area (Å²) in [5.41, 5.74) is 7.25. The number of nitrogen functional groups attached to an aromatic ring is 1. The summed E-state index contributed by atoms with van der Waals surface area (Å²) >= 11 is 0. The summed E-state index contributed by atoms with van der Waals surface area (Å²) in [6, 6.07) is 7.59. The molecule has 0 bridgehead atoms. The second kappa shape index (κ2) is 4.37. The molecule has 5 heteroatoms. The van der Waals surface area contributed by atoms with Crippen molar-refractivity contribution in [3.63, 3.8) is 0 Å². The first-order valence-corrected chi connectivity index (χ1v) is 5.37. The molecule has 0 spiro atoms. The van der Waals surface area contributed by atoms with Gasteiger partial charge in [-0.15, -0.1) is 0 Å². The van der Waals surface area contributed by atoms with Crippen molar-refractivity contribution in [2.45, 2.75) is 20.4 Å². The smallest absolute Gasteiger partial charge is 0.147 e. The molecule has 0 aliphatic carbocycles. The number of nitrogens with two attached hydrogens (primary N) is 1. The minimum absolute atomic E-state index is 0.0873. The molecule has 2 rings (SSSR count). The molecule has 0 amide bonds. The quantitative estimate of drug-likeness (QED) is 0.613. The van der Waals surface area contributed by atoms with Crippen LogP contribution >= 0.6 is 0 Å². The van der Waals surface area contributed by atoms with Gasteiger partial charge in [-0.1, -0.05) is 24.3 Å². The highest BCUT2D eigenvalue weighted by Gasteiger charge is 2.03. The van der Waals surface area contributed by atoms with Crippen molar-refractivity contribution in [2.75, 3.05) is 0 Å². The van der Waals surface area contributed by atoms with E-state index < -0.39 is 0 Å². The Balaban J connectivity index is 2.19. The molecule has 2 aromatic rings. The van der Waals surface area contributed by atoms with E-state index in [1.807, 2.05) is 42.8 Å². The Morgan fingerprint density at radius 2 is 1.94 bits per heavy atom. The second-order valence-corrected chi connectivity index (χ2v) is 3.97. The van der Waals surface area contributed by atoms with Crippen LogP contribution in [0.25, 0.3) is 0 Å². The lowest BCUT2D eigenvalue weighted by Gasteiger charge is -2.04. The van der Waals surface area contributed by atoms with Gasteiger partial charge in [-0.05, 0) is 19.4 Å². The molecule has 0 atom stereocenters. The van der Waals surface area contributed by atoms with E-state index >= 15 is 0 Å². The molecule has 88 valence electrons. The van der Waals surface area contributed by atoms with Crippen molar-refractivity contribution in [2.24, 2.45) is 5.73 Å². The lowest BCUT2D eigenvalue weighted by molar-refractivity contribution is 0.656. The predicted octanol–water partition coefficient (Wildman–Crippen LogP) is 1.23. The van der Waals surface area contributed by atoms with Gasteiger partial charge in [0.15, 0.2) is 0 Å². The number of nitrogens with zero attached hydrogens (tertiary/aromatic N) is 3. The lowest BCUT2D eigenvalue weighted by atomic mass is 10.1. The highest BCUT2D eigenvalue weighted by atomic mass is 15.3. The average molecular weight is 229 g/mol. The molecule has 1 aromatic heterocycles. The molecule has 0 aliphatic rings. The van der Waals surface area contributed by atoms with Crippen LogP contribution in [0.2, 0.25) is 0 Å². The highest BCUT2D eigenvalue weighted by Crippen LogP contribution is 2.07. The van der Waals surface area contributed by atoms with Crippen molar-refractivity contribution < 1.29 is 0 Å². The van der Waals surface area contributed by atoms with Gasteiger partial charge >= 0.3 is 0 Å². The van der Waals surface area contributed by atoms with E-state index in [1.165, 1.54) is 0 Å². The Bertz CT molecular complexity index is 539. The lowest BCUT2D eigenvalue weighted by Crippen LogP contribution is -2.11. The van der Waals surface area contributed by atoms with Gasteiger partial charge in [0.05, 0.1) is 6.54 Å². The Kier molecular flexibility index (Phi) is 2.91. The summed E-state index contributed by atoms with van der Waals surface area (Å²) in [7, 11) is 0. The van der Waals surface area contributed by atoms with Crippen molar-refractivity contribution in [3.8, 4) is 0 Å². The maximum absolute atomic E-state index is 7.31. The number of amidine groups is 1. The van der Waals surface area contributed by atoms with Crippen LogP contribution in [0, 0.1) is 19.3 Å². The molecule has 0 radical (unpaired) electrons. The maximum atomic E-state index is 7.31. The van der Waals surface area contributed by atoms with E-state index in [-0.39, 0.29) is 5.84 Å². The zero-order valence-corrected chi connectivity index (χ0v) is 9.94. The van der Waals surface area contributed by atoms with Gasteiger partial charge in [-0.25, -0.2) is 9.67 Å². The van der Waals surface area contributed by atoms with Crippen LogP contribution in [0.3, 0.4) is 0 Å². The number of nitrogens with one attached hydrogen (secondary N) is 1. The molecule has 0 unspecified atom stereocenters. The van der Waals surface area contributed by atoms with Crippen LogP contribution in [-0.4, -0.2) is 20.6 Å². The maximum Gasteiger partial charge on any atom is 0.147 e. The van der Waals surface area contributed by atoms with E-state index in [4.69, 9.17) is 11.1 Å². The third-order valence-corrected chi connectivity index (χ3v) is 2.56. The summed E-state index contributed by atoms with van der Waals surface area (Å²) < 4.78 is 1.86. The SMILES string of the molecule is Cc1nc(C)n(Cc2ccc(C(=N)N)cc2)n1. The number of hydrogen-bond donors (Lipinski definition) is 2. The summed E-state index contributed by atoms with van der Waals surface area (Å²) in [4.78, 5) is 4.25. The zero-order chi connectivity index (χ0) is 12.4. The van der Waals surface area contributed by atoms with Crippen LogP contribution < -0.4 is 5.73 Å². The van der Waals surface area contributed by atoms with E-state index in [2.05, 4.69) is 10.1 Å². The van der Waals surface area contributed by atoms with Crippen LogP contribution in [0.5, 0.6) is 0 Å². The molecule has 3 N–H and O–H groups in total. The van der Waals surface area contributed by atoms with Gasteiger partial charge in [0.25, 0.3) is 0 Å². The number of hydrogen-bond acceptors (Lipinski definition) is 3. The third kappa shape index (κ3) is 2.50. The Morgan fingerprint density at radius 1 is 1.29 bits per heavy atom. The van der Waals surface area contributed by atoms with Crippen molar-refractivity contribution >= 4 is 5.84 Å². The first-order chi connectivity index (χ1) is 8.06. The van der Waals surface area contributed by atoms with Gasteiger partial charge in [-0.3, -0.25) is 5.41 Å². The summed E-state index contributed by atoms with van der Waals surface area (Å²) in [5, 5.41) is 11.6. The van der Waals surface area contributed by atoms with Gasteiger partial charge in [0, 0.05) is 5.56 Å². The molecule has 17 heavy (non-hydrogen) atoms. The summed E-state index contributed by atoms with van der Waals surface area (Å²) in [6.07, 6.45) is 0. The fraction of sp³-hybridized carbons (Fsp3) is 0.250. The molecule has 5 nitrogen and oxygen atoms in total. The fourth-order valence-corrected chi connectivity index (χ4v) is 1.67. The number of rotatable bonds is 3. The molecular formula is C12H15N5. The van der Waals surface area contributed by atoms with Crippen molar-refractivity contribution in [1.29, 1.82) is 5.41 Å². The molecular weight excluding hydrogens is 214 g/mol. The third-order valence-electron chi connectivity index (χ3n) is 2.56. The first kappa shape index (κ1) is 11.3. The van der Waals surface area contributed by atoms with Gasteiger partial charge in [0.2, 0.25) is 0 Å². The zero-order valence-electron chi connectivity index (χ0n) is 9.94. The van der Waals surface area contributed by atoms with Gasteiger partial charge in [-0.2, -0.15) is 5.10 Å². The van der Waals surface area contributed by atoms with E-state index in [9.17, 15) is 0 Å². The van der Waals surface area contributed by atoms with E-state index in [0.29, 0.717) is 6.54 Å². The Labute approximate surface area is 99.8 Å². The van der Waals surface area contributed by atoms with Crippen molar-refractivity contribution in [1.82, 2.24) is 14.8 Å². The Morgan fingerprint density at radius 3 is 2.41 bits per heavy atom. The summed E-state index contributed by atoms with van der Waals surface area (Å²) in [5.74, 6) is 1.77. The van der Waals surface area contributed by atoms with Crippen LogP contribution in [-0.2, 0) is 6.54 Å². The molecule has 1 aromatic carbocycles. The molecule has 0 fully saturated rings. The minimum Gasteiger partial charge on any atom is -0.384 e. The molecule has 1 heterocycles. The molecule has 0 saturated carbocycles. The highest BCUT2D eigenvalue weighted by molar-refractivity contribution is 5.94. The van der Waals surface area contributed by atoms with E-state index in [1.54, 1.807) is 0 Å². The van der Waals surface area contributed by atoms with Crippen molar-refractivity contribution in [3.05, 3.63) is 47.0 Å². The van der Waals surface area contributed by atoms with Crippen LogP contribution in [0.4, 0.5) is 0 Å². The normalized spacial score (nSPS) is 10.5. The van der Waals surface area contributed by atoms with E-state index in [0.717, 1.165) is 22.8 Å². The van der Waals surface area contributed by atoms with Crippen LogP contribution in [0.15, 0.2) is 24.3 Å². The van der Waals surface area contributed by atoms with Gasteiger partial charge < -0.3 is 5.73 Å². The molecule has 0 aliphatic heterocycles. The number of aryl methyl sites for hydroxylation is 2. The van der Waals surface area contributed by atoms with Gasteiger partial charge in [0.1, 0.15) is 17.5 Å². The Hall–Kier alpha value is -2.17. The predicted molar refractivity (Wildman–Crippen MR) is 66.1 cm³/mol. The number of aromatic nitrogens is 3. The summed E-state index contributed by atoms with van der Waals surface area (Å²) in [6.45, 7) is 4.50. The average Bonchev–Trinajstić information content (AvgIpc) is 2.58. The second-order valence-electron chi connectivity index (χ2n) is 3.97.